The molecule has 0 bridgehead atoms. The van der Waals surface area contributed by atoms with E-state index in [1.54, 1.807) is 24.3 Å². The van der Waals surface area contributed by atoms with E-state index < -0.39 is 0 Å². The van der Waals surface area contributed by atoms with Crippen molar-refractivity contribution in [3.63, 3.8) is 0 Å². The van der Waals surface area contributed by atoms with Crippen LogP contribution in [0.2, 0.25) is 0 Å². The van der Waals surface area contributed by atoms with Gasteiger partial charge in [0, 0.05) is 12.2 Å². The molecule has 0 radical (unpaired) electrons. The molecule has 0 heterocycles. The molecular weight excluding hydrogens is 168 g/mol. The molecule has 0 saturated heterocycles. The van der Waals surface area contributed by atoms with Crippen LogP contribution in [-0.2, 0) is 4.79 Å². The number of nitrogens with one attached hydrogen (secondary N) is 1. The van der Waals surface area contributed by atoms with E-state index in [1.165, 1.54) is 6.08 Å². The Balaban J connectivity index is 2.63. The van der Waals surface area contributed by atoms with Crippen LogP contribution in [0.1, 0.15) is 0 Å². The van der Waals surface area contributed by atoms with Gasteiger partial charge in [-0.15, -0.1) is 0 Å². The van der Waals surface area contributed by atoms with Crippen LogP contribution in [0.3, 0.4) is 0 Å². The van der Waals surface area contributed by atoms with Crippen molar-refractivity contribution in [2.24, 2.45) is 4.99 Å². The summed E-state index contributed by atoms with van der Waals surface area (Å²) in [6, 6.07) is 6.97. The number of aliphatic hydroxyl groups is 1. The molecule has 4 nitrogen and oxygen atoms in total. The summed E-state index contributed by atoms with van der Waals surface area (Å²) in [4.78, 5) is 13.3. The maximum absolute atomic E-state index is 9.89. The number of benzene rings is 1. The highest BCUT2D eigenvalue weighted by molar-refractivity contribution is 5.54. The highest BCUT2D eigenvalue weighted by Gasteiger charge is 1.91. The lowest BCUT2D eigenvalue weighted by molar-refractivity contribution is 0.311. The van der Waals surface area contributed by atoms with Crippen molar-refractivity contribution < 1.29 is 9.90 Å². The van der Waals surface area contributed by atoms with Crippen LogP contribution >= 0.6 is 0 Å². The zero-order valence-electron chi connectivity index (χ0n) is 7.03. The lowest BCUT2D eigenvalue weighted by atomic mass is 10.3. The fraction of sp³-hybridized carbons (Fsp3) is 0.222. The number of isocyanates is 1. The first-order chi connectivity index (χ1) is 6.36. The van der Waals surface area contributed by atoms with E-state index in [9.17, 15) is 4.79 Å². The van der Waals surface area contributed by atoms with E-state index in [-0.39, 0.29) is 6.61 Å². The Bertz CT molecular complexity index is 302. The average molecular weight is 178 g/mol. The van der Waals surface area contributed by atoms with Crippen LogP contribution in [0.4, 0.5) is 11.4 Å². The normalized spacial score (nSPS) is 9.00. The van der Waals surface area contributed by atoms with Crippen LogP contribution in [0.15, 0.2) is 29.3 Å². The Labute approximate surface area is 75.9 Å². The Hall–Kier alpha value is -1.64. The van der Waals surface area contributed by atoms with Crippen molar-refractivity contribution >= 4 is 17.5 Å². The molecule has 0 aromatic heterocycles. The summed E-state index contributed by atoms with van der Waals surface area (Å²) < 4.78 is 0. The lowest BCUT2D eigenvalue weighted by Gasteiger charge is -2.02. The summed E-state index contributed by atoms with van der Waals surface area (Å²) in [6.45, 7) is 0.602. The molecule has 0 aliphatic carbocycles. The molecular formula is C9H10N2O2. The second-order valence-corrected chi connectivity index (χ2v) is 2.40. The summed E-state index contributed by atoms with van der Waals surface area (Å²) in [5.41, 5.74) is 1.46. The molecule has 0 amide bonds. The van der Waals surface area contributed by atoms with E-state index in [0.29, 0.717) is 12.2 Å². The second kappa shape index (κ2) is 5.09. The van der Waals surface area contributed by atoms with Gasteiger partial charge in [0.1, 0.15) is 0 Å². The molecule has 1 aromatic carbocycles. The van der Waals surface area contributed by atoms with Gasteiger partial charge >= 0.3 is 0 Å². The van der Waals surface area contributed by atoms with Crippen LogP contribution in [0.25, 0.3) is 0 Å². The standard InChI is InChI=1S/C9H10N2O2/c12-6-5-10-8-1-3-9(4-2-8)11-7-13/h1-4,10,12H,5-6H2. The average Bonchev–Trinajstić information content (AvgIpc) is 2.17. The van der Waals surface area contributed by atoms with Crippen LogP contribution in [0, 0.1) is 0 Å². The fourth-order valence-electron chi connectivity index (χ4n) is 0.907. The minimum absolute atomic E-state index is 0.0915. The minimum atomic E-state index is 0.0915. The van der Waals surface area contributed by atoms with Gasteiger partial charge in [0.15, 0.2) is 0 Å². The molecule has 1 aromatic rings. The highest BCUT2D eigenvalue weighted by Crippen LogP contribution is 2.14. The van der Waals surface area contributed by atoms with Crippen molar-refractivity contribution in [1.82, 2.24) is 0 Å². The van der Waals surface area contributed by atoms with Crippen molar-refractivity contribution in [3.8, 4) is 0 Å². The molecule has 0 aliphatic heterocycles. The van der Waals surface area contributed by atoms with E-state index in [0.717, 1.165) is 5.69 Å². The van der Waals surface area contributed by atoms with E-state index in [4.69, 9.17) is 5.11 Å². The Morgan fingerprint density at radius 2 is 2.08 bits per heavy atom. The molecule has 0 fully saturated rings. The van der Waals surface area contributed by atoms with Gasteiger partial charge in [0.25, 0.3) is 0 Å². The molecule has 2 N–H and O–H groups in total. The topological polar surface area (TPSA) is 61.7 Å². The second-order valence-electron chi connectivity index (χ2n) is 2.40. The van der Waals surface area contributed by atoms with E-state index >= 15 is 0 Å². The predicted octanol–water partition coefficient (Wildman–Crippen LogP) is 1.06. The van der Waals surface area contributed by atoms with Crippen molar-refractivity contribution in [2.45, 2.75) is 0 Å². The molecule has 4 heteroatoms. The summed E-state index contributed by atoms with van der Waals surface area (Å²) in [5.74, 6) is 0. The fourth-order valence-corrected chi connectivity index (χ4v) is 0.907. The third-order valence-corrected chi connectivity index (χ3v) is 1.48. The monoisotopic (exact) mass is 178 g/mol. The van der Waals surface area contributed by atoms with Gasteiger partial charge in [-0.3, -0.25) is 0 Å². The molecule has 0 aliphatic rings. The Kier molecular flexibility index (Phi) is 3.70. The molecule has 0 spiro atoms. The summed E-state index contributed by atoms with van der Waals surface area (Å²) >= 11 is 0. The zero-order valence-corrected chi connectivity index (χ0v) is 7.03. The maximum atomic E-state index is 9.89. The van der Waals surface area contributed by atoms with Gasteiger partial charge in [-0.2, -0.15) is 4.99 Å². The number of aliphatic hydroxyl groups excluding tert-OH is 1. The third kappa shape index (κ3) is 3.07. The van der Waals surface area contributed by atoms with Gasteiger partial charge < -0.3 is 10.4 Å². The molecule has 13 heavy (non-hydrogen) atoms. The number of carbonyl (C=O) groups excluding carboxylic acids is 1. The van der Waals surface area contributed by atoms with Crippen molar-refractivity contribution in [3.05, 3.63) is 24.3 Å². The number of hydrogen-bond donors (Lipinski definition) is 2. The van der Waals surface area contributed by atoms with Crippen LogP contribution in [-0.4, -0.2) is 24.3 Å². The summed E-state index contributed by atoms with van der Waals surface area (Å²) in [6.07, 6.45) is 1.46. The van der Waals surface area contributed by atoms with Crippen LogP contribution < -0.4 is 5.32 Å². The molecule has 1 rings (SSSR count). The number of rotatable bonds is 4. The minimum Gasteiger partial charge on any atom is -0.395 e. The largest absolute Gasteiger partial charge is 0.395 e. The van der Waals surface area contributed by atoms with Crippen LogP contribution in [0.5, 0.6) is 0 Å². The molecule has 68 valence electrons. The quantitative estimate of drug-likeness (QED) is 0.535. The maximum Gasteiger partial charge on any atom is 0.240 e. The molecule has 0 unspecified atom stereocenters. The first-order valence-electron chi connectivity index (χ1n) is 3.89. The number of aliphatic imine (C=N–C) groups is 1. The zero-order chi connectivity index (χ0) is 9.52. The number of nitrogens with zero attached hydrogens (tertiary/aromatic N) is 1. The summed E-state index contributed by atoms with van der Waals surface area (Å²) in [7, 11) is 0. The number of hydrogen-bond acceptors (Lipinski definition) is 4. The Morgan fingerprint density at radius 3 is 2.62 bits per heavy atom. The van der Waals surface area contributed by atoms with Crippen molar-refractivity contribution in [2.75, 3.05) is 18.5 Å². The van der Waals surface area contributed by atoms with Gasteiger partial charge in [-0.05, 0) is 24.3 Å². The van der Waals surface area contributed by atoms with Gasteiger partial charge in [0.2, 0.25) is 6.08 Å². The first kappa shape index (κ1) is 9.45. The van der Waals surface area contributed by atoms with Gasteiger partial charge in [-0.25, -0.2) is 4.79 Å². The molecule has 0 atom stereocenters. The first-order valence-corrected chi connectivity index (χ1v) is 3.89. The van der Waals surface area contributed by atoms with E-state index in [2.05, 4.69) is 10.3 Å². The van der Waals surface area contributed by atoms with Gasteiger partial charge in [-0.1, -0.05) is 0 Å². The third-order valence-electron chi connectivity index (χ3n) is 1.48. The smallest absolute Gasteiger partial charge is 0.240 e. The summed E-state index contributed by atoms with van der Waals surface area (Å²) in [5, 5.41) is 11.5. The highest BCUT2D eigenvalue weighted by atomic mass is 16.3. The van der Waals surface area contributed by atoms with E-state index in [1.807, 2.05) is 0 Å². The van der Waals surface area contributed by atoms with Crippen molar-refractivity contribution in [1.29, 1.82) is 0 Å². The van der Waals surface area contributed by atoms with Gasteiger partial charge in [0.05, 0.1) is 12.3 Å². The SMILES string of the molecule is O=C=Nc1ccc(NCCO)cc1. The number of anilines is 1. The predicted molar refractivity (Wildman–Crippen MR) is 49.8 cm³/mol. The molecule has 0 saturated carbocycles. The Morgan fingerprint density at radius 1 is 1.38 bits per heavy atom. The lowest BCUT2D eigenvalue weighted by Crippen LogP contribution is -2.04.